The Bertz CT molecular complexity index is 1280. The molecule has 0 spiro atoms. The van der Waals surface area contributed by atoms with Gasteiger partial charge in [0.15, 0.2) is 0 Å². The second kappa shape index (κ2) is 15.8. The zero-order chi connectivity index (χ0) is 29.9. The highest BCUT2D eigenvalue weighted by molar-refractivity contribution is 7.90. The van der Waals surface area contributed by atoms with Crippen molar-refractivity contribution in [3.05, 3.63) is 53.8 Å². The molecule has 2 rings (SSSR count). The Morgan fingerprint density at radius 1 is 1.10 bits per heavy atom. The van der Waals surface area contributed by atoms with E-state index >= 15 is 4.39 Å². The minimum Gasteiger partial charge on any atom is -0.354 e. The highest BCUT2D eigenvalue weighted by Gasteiger charge is 2.22. The summed E-state index contributed by atoms with van der Waals surface area (Å²) in [6, 6.07) is 10.3. The number of nitrogens with zero attached hydrogens (tertiary/aromatic N) is 1. The molecule has 0 saturated heterocycles. The van der Waals surface area contributed by atoms with Crippen molar-refractivity contribution in [2.45, 2.75) is 64.8 Å². The number of sulfonamides is 1. The highest BCUT2D eigenvalue weighted by Crippen LogP contribution is 2.29. The number of carbonyl (C=O) groups is 3. The van der Waals surface area contributed by atoms with Crippen molar-refractivity contribution in [1.82, 2.24) is 14.9 Å². The molecule has 0 heterocycles. The van der Waals surface area contributed by atoms with E-state index in [2.05, 4.69) is 17.9 Å². The number of benzene rings is 2. The molecule has 11 heteroatoms. The number of halogens is 1. The van der Waals surface area contributed by atoms with Gasteiger partial charge in [0, 0.05) is 55.8 Å². The topological polar surface area (TPSA) is 113 Å². The van der Waals surface area contributed by atoms with Crippen molar-refractivity contribution in [2.24, 2.45) is 11.8 Å². The Morgan fingerprint density at radius 3 is 2.40 bits per heavy atom. The Labute approximate surface area is 242 Å². The van der Waals surface area contributed by atoms with Crippen LogP contribution in [-0.4, -0.2) is 49.9 Å². The minimum absolute atomic E-state index is 0.00163. The summed E-state index contributed by atoms with van der Waals surface area (Å²) in [7, 11) is -4.15. The monoisotopic (exact) mass is 593 g/mol. The van der Waals surface area contributed by atoms with Crippen molar-refractivity contribution in [1.29, 1.82) is 0 Å². The number of rotatable bonds is 15. The average molecular weight is 594 g/mol. The Balaban J connectivity index is 2.25. The number of carbonyl (C=O) groups excluding carboxylic acids is 3. The molecule has 0 aliphatic heterocycles. The van der Waals surface area contributed by atoms with Gasteiger partial charge in [-0.05, 0) is 36.5 Å². The molecule has 220 valence electrons. The molecular formula is C29H40FN3O5S2. The molecule has 0 bridgehead atoms. The van der Waals surface area contributed by atoms with E-state index in [0.29, 0.717) is 36.5 Å². The van der Waals surface area contributed by atoms with Crippen molar-refractivity contribution >= 4 is 40.4 Å². The van der Waals surface area contributed by atoms with Crippen molar-refractivity contribution in [3.63, 3.8) is 0 Å². The predicted molar refractivity (Wildman–Crippen MR) is 158 cm³/mol. The normalized spacial score (nSPS) is 12.2. The largest absolute Gasteiger partial charge is 0.354 e. The molecule has 3 amide bonds. The maximum atomic E-state index is 15.3. The number of thiol groups is 1. The van der Waals surface area contributed by atoms with Gasteiger partial charge < -0.3 is 10.2 Å². The van der Waals surface area contributed by atoms with E-state index < -0.39 is 21.7 Å². The molecule has 0 aliphatic carbocycles. The number of nitrogens with one attached hydrogen (secondary N) is 2. The third-order valence-corrected chi connectivity index (χ3v) is 8.24. The van der Waals surface area contributed by atoms with Gasteiger partial charge in [0.1, 0.15) is 5.82 Å². The smallest absolute Gasteiger partial charge is 0.264 e. The van der Waals surface area contributed by atoms with Crippen LogP contribution in [0.1, 0.15) is 58.9 Å². The number of amides is 3. The molecule has 0 fully saturated rings. The molecule has 2 N–H and O–H groups in total. The van der Waals surface area contributed by atoms with Gasteiger partial charge >= 0.3 is 0 Å². The number of hydrogen-bond acceptors (Lipinski definition) is 6. The van der Waals surface area contributed by atoms with Gasteiger partial charge in [-0.1, -0.05) is 57.5 Å². The fourth-order valence-electron chi connectivity index (χ4n) is 4.30. The maximum Gasteiger partial charge on any atom is 0.264 e. The van der Waals surface area contributed by atoms with Crippen molar-refractivity contribution in [2.75, 3.05) is 18.8 Å². The van der Waals surface area contributed by atoms with Gasteiger partial charge in [-0.3, -0.25) is 14.4 Å². The predicted octanol–water partition coefficient (Wildman–Crippen LogP) is 4.54. The molecule has 40 heavy (non-hydrogen) atoms. The summed E-state index contributed by atoms with van der Waals surface area (Å²) >= 11 is 4.29. The van der Waals surface area contributed by atoms with Crippen LogP contribution in [0.2, 0.25) is 0 Å². The highest BCUT2D eigenvalue weighted by atomic mass is 32.2. The standard InChI is InChI=1S/C29H40FN3O5S2/c1-5-6-11-28(35)33(15-14-31-29(36)24(19-39)16-20(2)3)18-23-13-12-22(17-26(23)30)25-9-7-8-10-27(25)40(37,38)32-21(4)34/h7-10,12-13,17,20,24,39H,5-6,11,14-16,18-19H2,1-4H3,(H,31,36)(H,32,34)/t24-/m1/s1. The molecule has 0 aliphatic rings. The lowest BCUT2D eigenvalue weighted by atomic mass is 9.98. The Morgan fingerprint density at radius 2 is 1.80 bits per heavy atom. The summed E-state index contributed by atoms with van der Waals surface area (Å²) in [4.78, 5) is 38.3. The van der Waals surface area contributed by atoms with E-state index in [1.807, 2.05) is 25.5 Å². The second-order valence-corrected chi connectivity index (χ2v) is 12.2. The van der Waals surface area contributed by atoms with Crippen LogP contribution in [0.25, 0.3) is 11.1 Å². The van der Waals surface area contributed by atoms with E-state index in [0.717, 1.165) is 13.3 Å². The van der Waals surface area contributed by atoms with Crippen LogP contribution in [0.15, 0.2) is 47.4 Å². The molecule has 2 aromatic carbocycles. The molecule has 0 aromatic heterocycles. The van der Waals surface area contributed by atoms with Gasteiger partial charge in [-0.15, -0.1) is 0 Å². The third-order valence-electron chi connectivity index (χ3n) is 6.30. The molecule has 1 atom stereocenters. The lowest BCUT2D eigenvalue weighted by Gasteiger charge is -2.24. The van der Waals surface area contributed by atoms with Crippen LogP contribution in [0.5, 0.6) is 0 Å². The van der Waals surface area contributed by atoms with Crippen LogP contribution in [0, 0.1) is 17.7 Å². The lowest BCUT2D eigenvalue weighted by Crippen LogP contribution is -2.40. The molecule has 0 unspecified atom stereocenters. The molecule has 8 nitrogen and oxygen atoms in total. The summed E-state index contributed by atoms with van der Waals surface area (Å²) in [5.41, 5.74) is 0.806. The average Bonchev–Trinajstić information content (AvgIpc) is 2.89. The summed E-state index contributed by atoms with van der Waals surface area (Å²) in [5, 5.41) is 2.88. The SMILES string of the molecule is CCCCC(=O)N(CCNC(=O)[C@@H](CS)CC(C)C)Cc1ccc(-c2ccccc2S(=O)(=O)NC(C)=O)cc1F. The molecular weight excluding hydrogens is 553 g/mol. The van der Waals surface area contributed by atoms with Gasteiger partial charge in [0.25, 0.3) is 10.0 Å². The molecule has 2 aromatic rings. The van der Waals surface area contributed by atoms with Crippen LogP contribution < -0.4 is 10.0 Å². The Hall–Kier alpha value is -2.92. The van der Waals surface area contributed by atoms with Gasteiger partial charge in [-0.25, -0.2) is 17.5 Å². The van der Waals surface area contributed by atoms with E-state index in [4.69, 9.17) is 0 Å². The molecule has 0 radical (unpaired) electrons. The summed E-state index contributed by atoms with van der Waals surface area (Å²) in [6.07, 6.45) is 2.55. The fraction of sp³-hybridized carbons (Fsp3) is 0.483. The van der Waals surface area contributed by atoms with E-state index in [1.54, 1.807) is 12.1 Å². The zero-order valence-electron chi connectivity index (χ0n) is 23.6. The molecule has 0 saturated carbocycles. The quantitative estimate of drug-likeness (QED) is 0.263. The van der Waals surface area contributed by atoms with Crippen LogP contribution >= 0.6 is 12.6 Å². The lowest BCUT2D eigenvalue weighted by molar-refractivity contribution is -0.132. The summed E-state index contributed by atoms with van der Waals surface area (Å²) in [6.45, 7) is 7.60. The number of unbranched alkanes of at least 4 members (excludes halogenated alkanes) is 1. The summed E-state index contributed by atoms with van der Waals surface area (Å²) in [5.74, 6) is -1.05. The van der Waals surface area contributed by atoms with Crippen molar-refractivity contribution in [3.8, 4) is 11.1 Å². The van der Waals surface area contributed by atoms with Gasteiger partial charge in [-0.2, -0.15) is 12.6 Å². The third kappa shape index (κ3) is 9.92. The maximum absolute atomic E-state index is 15.3. The van der Waals surface area contributed by atoms with Gasteiger partial charge in [0.2, 0.25) is 17.7 Å². The minimum atomic E-state index is -4.15. The van der Waals surface area contributed by atoms with Crippen molar-refractivity contribution < 1.29 is 27.2 Å². The van der Waals surface area contributed by atoms with Crippen LogP contribution in [0.4, 0.5) is 4.39 Å². The zero-order valence-corrected chi connectivity index (χ0v) is 25.3. The first-order valence-electron chi connectivity index (χ1n) is 13.5. The fourth-order valence-corrected chi connectivity index (χ4v) is 5.84. The first kappa shape index (κ1) is 33.3. The summed E-state index contributed by atoms with van der Waals surface area (Å²) < 4.78 is 42.6. The number of hydrogen-bond donors (Lipinski definition) is 3. The van der Waals surface area contributed by atoms with E-state index in [-0.39, 0.29) is 53.4 Å². The first-order valence-corrected chi connectivity index (χ1v) is 15.6. The first-order chi connectivity index (χ1) is 18.9. The van der Waals surface area contributed by atoms with Gasteiger partial charge in [0.05, 0.1) is 4.90 Å². The van der Waals surface area contributed by atoms with E-state index in [1.165, 1.54) is 35.2 Å². The van der Waals surface area contributed by atoms with Crippen LogP contribution in [0.3, 0.4) is 0 Å². The van der Waals surface area contributed by atoms with E-state index in [9.17, 15) is 22.8 Å². The second-order valence-electron chi connectivity index (χ2n) is 10.2. The Kier molecular flexibility index (Phi) is 13.1. The van der Waals surface area contributed by atoms with Crippen LogP contribution in [-0.2, 0) is 31.0 Å².